The Hall–Kier alpha value is -1.98. The van der Waals surface area contributed by atoms with Crippen LogP contribution in [0.15, 0.2) is 36.9 Å². The molecule has 0 aliphatic rings. The Morgan fingerprint density at radius 2 is 1.95 bits per heavy atom. The molecule has 3 nitrogen and oxygen atoms in total. The maximum atomic E-state index is 13.1. The van der Waals surface area contributed by atoms with E-state index in [2.05, 4.69) is 6.58 Å². The lowest BCUT2D eigenvalue weighted by molar-refractivity contribution is -0.152. The Kier molecular flexibility index (Phi) is 5.19. The molecule has 1 amide bonds. The van der Waals surface area contributed by atoms with Crippen molar-refractivity contribution in [3.8, 4) is 5.75 Å². The average Bonchev–Trinajstić information content (AvgIpc) is 2.37. The molecule has 0 aromatic heterocycles. The van der Waals surface area contributed by atoms with Crippen LogP contribution in [0.5, 0.6) is 5.75 Å². The zero-order valence-corrected chi connectivity index (χ0v) is 11.3. The number of carbonyl (C=O) groups excluding carboxylic acids is 1. The Bertz CT molecular complexity index is 468. The normalized spacial score (nSPS) is 12.7. The van der Waals surface area contributed by atoms with Gasteiger partial charge in [-0.1, -0.05) is 6.08 Å². The fourth-order valence-corrected chi connectivity index (χ4v) is 1.87. The van der Waals surface area contributed by atoms with Gasteiger partial charge in [-0.05, 0) is 30.7 Å². The highest BCUT2D eigenvalue weighted by molar-refractivity contribution is 5.92. The standard InChI is InChI=1S/C14H16F3NO2/c1-4-5-13(14(15,16)17)18(10(2)19)11-6-8-12(20-3)9-7-11/h4,6-9,13H,1,5H2,2-3H3. The zero-order valence-electron chi connectivity index (χ0n) is 11.3. The third-order valence-corrected chi connectivity index (χ3v) is 2.77. The van der Waals surface area contributed by atoms with Crippen LogP contribution in [0.2, 0.25) is 0 Å². The SMILES string of the molecule is C=CCC(N(C(C)=O)c1ccc(OC)cc1)C(F)(F)F. The topological polar surface area (TPSA) is 29.5 Å². The molecule has 1 aromatic rings. The molecule has 1 aromatic carbocycles. The lowest BCUT2D eigenvalue weighted by Gasteiger charge is -2.32. The summed E-state index contributed by atoms with van der Waals surface area (Å²) in [6.45, 7) is 4.42. The quantitative estimate of drug-likeness (QED) is 0.775. The van der Waals surface area contributed by atoms with Gasteiger partial charge in [0.2, 0.25) is 5.91 Å². The fraction of sp³-hybridized carbons (Fsp3) is 0.357. The van der Waals surface area contributed by atoms with Gasteiger partial charge >= 0.3 is 6.18 Å². The highest BCUT2D eigenvalue weighted by atomic mass is 19.4. The van der Waals surface area contributed by atoms with Crippen molar-refractivity contribution in [2.75, 3.05) is 12.0 Å². The van der Waals surface area contributed by atoms with Crippen molar-refractivity contribution in [2.45, 2.75) is 25.6 Å². The molecule has 110 valence electrons. The third-order valence-electron chi connectivity index (χ3n) is 2.77. The minimum Gasteiger partial charge on any atom is -0.497 e. The van der Waals surface area contributed by atoms with Crippen molar-refractivity contribution < 1.29 is 22.7 Å². The smallest absolute Gasteiger partial charge is 0.409 e. The molecule has 1 atom stereocenters. The van der Waals surface area contributed by atoms with Crippen molar-refractivity contribution in [1.82, 2.24) is 0 Å². The number of alkyl halides is 3. The summed E-state index contributed by atoms with van der Waals surface area (Å²) in [6, 6.07) is 3.93. The molecule has 20 heavy (non-hydrogen) atoms. The van der Waals surface area contributed by atoms with Crippen molar-refractivity contribution >= 4 is 11.6 Å². The summed E-state index contributed by atoms with van der Waals surface area (Å²) in [5.74, 6) is -0.177. The summed E-state index contributed by atoms with van der Waals surface area (Å²) in [4.78, 5) is 12.3. The van der Waals surface area contributed by atoms with Crippen LogP contribution in [-0.4, -0.2) is 25.2 Å². The summed E-state index contributed by atoms with van der Waals surface area (Å²) in [5, 5.41) is 0. The molecule has 0 saturated carbocycles. The molecule has 0 aliphatic carbocycles. The third kappa shape index (κ3) is 3.76. The van der Waals surface area contributed by atoms with E-state index in [1.54, 1.807) is 0 Å². The summed E-state index contributed by atoms with van der Waals surface area (Å²) < 4.78 is 44.2. The van der Waals surface area contributed by atoms with Crippen LogP contribution in [0.25, 0.3) is 0 Å². The number of hydrogen-bond donors (Lipinski definition) is 0. The second-order valence-corrected chi connectivity index (χ2v) is 4.17. The fourth-order valence-electron chi connectivity index (χ4n) is 1.87. The van der Waals surface area contributed by atoms with E-state index in [-0.39, 0.29) is 12.1 Å². The van der Waals surface area contributed by atoms with E-state index >= 15 is 0 Å². The van der Waals surface area contributed by atoms with Gasteiger partial charge in [0, 0.05) is 12.6 Å². The highest BCUT2D eigenvalue weighted by Crippen LogP contribution is 2.32. The van der Waals surface area contributed by atoms with Gasteiger partial charge in [-0.2, -0.15) is 13.2 Å². The molecule has 0 spiro atoms. The number of carbonyl (C=O) groups is 1. The number of methoxy groups -OCH3 is 1. The van der Waals surface area contributed by atoms with Crippen molar-refractivity contribution in [3.05, 3.63) is 36.9 Å². The van der Waals surface area contributed by atoms with Crippen molar-refractivity contribution in [2.24, 2.45) is 0 Å². The minimum absolute atomic E-state index is 0.169. The van der Waals surface area contributed by atoms with Crippen LogP contribution in [-0.2, 0) is 4.79 Å². The van der Waals surface area contributed by atoms with E-state index in [4.69, 9.17) is 4.74 Å². The van der Waals surface area contributed by atoms with Crippen LogP contribution < -0.4 is 9.64 Å². The lowest BCUT2D eigenvalue weighted by Crippen LogP contribution is -2.48. The van der Waals surface area contributed by atoms with E-state index in [1.165, 1.54) is 31.4 Å². The predicted octanol–water partition coefficient (Wildman–Crippen LogP) is 3.56. The van der Waals surface area contributed by atoms with Gasteiger partial charge < -0.3 is 9.64 Å². The van der Waals surface area contributed by atoms with Gasteiger partial charge in [0.25, 0.3) is 0 Å². The molecule has 0 fully saturated rings. The number of hydrogen-bond acceptors (Lipinski definition) is 2. The zero-order chi connectivity index (χ0) is 15.3. The predicted molar refractivity (Wildman–Crippen MR) is 70.8 cm³/mol. The number of halogens is 3. The number of amides is 1. The first-order valence-electron chi connectivity index (χ1n) is 5.92. The monoisotopic (exact) mass is 287 g/mol. The van der Waals surface area contributed by atoms with E-state index in [0.29, 0.717) is 5.75 Å². The summed E-state index contributed by atoms with van der Waals surface area (Å²) >= 11 is 0. The van der Waals surface area contributed by atoms with Crippen molar-refractivity contribution in [1.29, 1.82) is 0 Å². The number of ether oxygens (including phenoxy) is 1. The van der Waals surface area contributed by atoms with Crippen molar-refractivity contribution in [3.63, 3.8) is 0 Å². The van der Waals surface area contributed by atoms with E-state index in [0.717, 1.165) is 17.9 Å². The van der Waals surface area contributed by atoms with Crippen LogP contribution in [0, 0.1) is 0 Å². The van der Waals surface area contributed by atoms with E-state index in [1.807, 2.05) is 0 Å². The average molecular weight is 287 g/mol. The molecular formula is C14H16F3NO2. The lowest BCUT2D eigenvalue weighted by atomic mass is 10.1. The largest absolute Gasteiger partial charge is 0.497 e. The second-order valence-electron chi connectivity index (χ2n) is 4.17. The number of nitrogens with zero attached hydrogens (tertiary/aromatic N) is 1. The summed E-state index contributed by atoms with van der Waals surface area (Å²) in [5.41, 5.74) is 0.169. The molecule has 0 bridgehead atoms. The minimum atomic E-state index is -4.53. The van der Waals surface area contributed by atoms with E-state index < -0.39 is 18.1 Å². The maximum absolute atomic E-state index is 13.1. The number of benzene rings is 1. The van der Waals surface area contributed by atoms with Gasteiger partial charge in [-0.25, -0.2) is 0 Å². The van der Waals surface area contributed by atoms with Crippen LogP contribution in [0.4, 0.5) is 18.9 Å². The first-order chi connectivity index (χ1) is 9.31. The van der Waals surface area contributed by atoms with Crippen LogP contribution >= 0.6 is 0 Å². The molecule has 0 heterocycles. The molecule has 0 N–H and O–H groups in total. The second kappa shape index (κ2) is 6.45. The first-order valence-corrected chi connectivity index (χ1v) is 5.92. The molecule has 6 heteroatoms. The Morgan fingerprint density at radius 1 is 1.40 bits per heavy atom. The highest BCUT2D eigenvalue weighted by Gasteiger charge is 2.44. The van der Waals surface area contributed by atoms with Gasteiger partial charge in [0.15, 0.2) is 0 Å². The molecule has 1 unspecified atom stereocenters. The molecular weight excluding hydrogens is 271 g/mol. The number of rotatable bonds is 5. The van der Waals surface area contributed by atoms with Gasteiger partial charge in [-0.15, -0.1) is 6.58 Å². The van der Waals surface area contributed by atoms with E-state index in [9.17, 15) is 18.0 Å². The Labute approximate surface area is 115 Å². The molecule has 0 radical (unpaired) electrons. The summed E-state index contributed by atoms with van der Waals surface area (Å²) in [7, 11) is 1.45. The maximum Gasteiger partial charge on any atom is 0.409 e. The van der Waals surface area contributed by atoms with Gasteiger partial charge in [0.05, 0.1) is 7.11 Å². The molecule has 0 saturated heterocycles. The van der Waals surface area contributed by atoms with Gasteiger partial charge in [0.1, 0.15) is 11.8 Å². The van der Waals surface area contributed by atoms with Gasteiger partial charge in [-0.3, -0.25) is 4.79 Å². The molecule has 0 aliphatic heterocycles. The Balaban J connectivity index is 3.19. The number of anilines is 1. The molecule has 1 rings (SSSR count). The summed E-state index contributed by atoms with van der Waals surface area (Å²) in [6.07, 6.45) is -3.74. The Morgan fingerprint density at radius 3 is 2.30 bits per heavy atom. The van der Waals surface area contributed by atoms with Crippen LogP contribution in [0.3, 0.4) is 0 Å². The first kappa shape index (κ1) is 16.1. The van der Waals surface area contributed by atoms with Crippen LogP contribution in [0.1, 0.15) is 13.3 Å².